The second-order valence-corrected chi connectivity index (χ2v) is 5.10. The maximum Gasteiger partial charge on any atom is 0.416 e. The first-order chi connectivity index (χ1) is 7.70. The largest absolute Gasteiger partial charge is 0.416 e. The van der Waals surface area contributed by atoms with Crippen molar-refractivity contribution in [1.29, 1.82) is 0 Å². The molecule has 0 spiro atoms. The fourth-order valence-electron chi connectivity index (χ4n) is 1.23. The molecule has 0 heterocycles. The minimum atomic E-state index is -4.44. The van der Waals surface area contributed by atoms with Crippen LogP contribution in [0.25, 0.3) is 0 Å². The highest BCUT2D eigenvalue weighted by Gasteiger charge is 2.31. The van der Waals surface area contributed by atoms with Crippen LogP contribution >= 0.6 is 22.6 Å². The van der Waals surface area contributed by atoms with E-state index in [1.807, 2.05) is 0 Å². The van der Waals surface area contributed by atoms with Gasteiger partial charge in [-0.25, -0.2) is 0 Å². The molecule has 0 unspecified atom stereocenters. The molecule has 1 aromatic rings. The zero-order valence-corrected chi connectivity index (χ0v) is 11.4. The van der Waals surface area contributed by atoms with Crippen molar-refractivity contribution in [3.8, 4) is 0 Å². The Morgan fingerprint density at radius 1 is 1.29 bits per heavy atom. The molecule has 94 valence electrons. The van der Waals surface area contributed by atoms with Crippen LogP contribution in [0.3, 0.4) is 0 Å². The van der Waals surface area contributed by atoms with Crippen LogP contribution in [0.15, 0.2) is 18.2 Å². The van der Waals surface area contributed by atoms with Crippen LogP contribution in [-0.2, 0) is 6.18 Å². The van der Waals surface area contributed by atoms with Gasteiger partial charge in [0, 0.05) is 15.2 Å². The minimum absolute atomic E-state index is 0.0259. The van der Waals surface area contributed by atoms with Gasteiger partial charge >= 0.3 is 6.18 Å². The molecule has 1 rings (SSSR count). The van der Waals surface area contributed by atoms with E-state index in [9.17, 15) is 18.0 Å². The number of amides is 1. The zero-order chi connectivity index (χ0) is 13.2. The molecule has 0 aromatic heterocycles. The third kappa shape index (κ3) is 4.18. The number of halogens is 4. The summed E-state index contributed by atoms with van der Waals surface area (Å²) in [5, 5.41) is 2.56. The Hall–Kier alpha value is -0.790. The molecule has 0 aliphatic heterocycles. The van der Waals surface area contributed by atoms with Gasteiger partial charge in [-0.3, -0.25) is 4.79 Å². The molecular formula is C11H11F3INO. The lowest BCUT2D eigenvalue weighted by atomic mass is 10.1. The molecule has 0 saturated carbocycles. The van der Waals surface area contributed by atoms with Gasteiger partial charge in [-0.15, -0.1) is 0 Å². The minimum Gasteiger partial charge on any atom is -0.350 e. The Labute approximate surface area is 111 Å². The van der Waals surface area contributed by atoms with Gasteiger partial charge in [-0.1, -0.05) is 0 Å². The number of carbonyl (C=O) groups is 1. The van der Waals surface area contributed by atoms with Crippen LogP contribution in [-0.4, -0.2) is 11.9 Å². The van der Waals surface area contributed by atoms with Crippen LogP contribution in [0, 0.1) is 3.57 Å². The molecule has 1 amide bonds. The second kappa shape index (κ2) is 5.24. The van der Waals surface area contributed by atoms with E-state index < -0.39 is 17.6 Å². The third-order valence-electron chi connectivity index (χ3n) is 1.91. The molecule has 1 N–H and O–H groups in total. The van der Waals surface area contributed by atoms with Gasteiger partial charge in [0.1, 0.15) is 0 Å². The number of benzene rings is 1. The summed E-state index contributed by atoms with van der Waals surface area (Å²) in [6.07, 6.45) is -4.44. The maximum atomic E-state index is 12.5. The Bertz CT molecular complexity index is 429. The van der Waals surface area contributed by atoms with Gasteiger partial charge in [0.25, 0.3) is 5.91 Å². The lowest BCUT2D eigenvalue weighted by molar-refractivity contribution is -0.137. The summed E-state index contributed by atoms with van der Waals surface area (Å²) in [5.74, 6) is -0.496. The molecule has 0 fully saturated rings. The monoisotopic (exact) mass is 357 g/mol. The highest BCUT2D eigenvalue weighted by atomic mass is 127. The summed E-state index contributed by atoms with van der Waals surface area (Å²) in [7, 11) is 0. The first kappa shape index (κ1) is 14.3. The van der Waals surface area contributed by atoms with E-state index in [0.29, 0.717) is 3.57 Å². The number of hydrogen-bond acceptors (Lipinski definition) is 1. The van der Waals surface area contributed by atoms with E-state index in [1.54, 1.807) is 36.4 Å². The quantitative estimate of drug-likeness (QED) is 0.808. The number of hydrogen-bond donors (Lipinski definition) is 1. The number of nitrogens with one attached hydrogen (secondary N) is 1. The van der Waals surface area contributed by atoms with Crippen molar-refractivity contribution in [3.63, 3.8) is 0 Å². The smallest absolute Gasteiger partial charge is 0.350 e. The number of rotatable bonds is 2. The highest BCUT2D eigenvalue weighted by molar-refractivity contribution is 14.1. The molecule has 6 heteroatoms. The summed E-state index contributed by atoms with van der Waals surface area (Å²) in [6, 6.07) is 3.18. The van der Waals surface area contributed by atoms with Gasteiger partial charge in [0.05, 0.1) is 5.56 Å². The summed E-state index contributed by atoms with van der Waals surface area (Å²) in [5.41, 5.74) is -0.781. The van der Waals surface area contributed by atoms with Gasteiger partial charge < -0.3 is 5.32 Å². The van der Waals surface area contributed by atoms with Crippen molar-refractivity contribution in [2.75, 3.05) is 0 Å². The predicted octanol–water partition coefficient (Wildman–Crippen LogP) is 3.45. The van der Waals surface area contributed by atoms with Crippen molar-refractivity contribution in [1.82, 2.24) is 5.32 Å². The SMILES string of the molecule is CC(C)NC(=O)c1cc(I)cc(C(F)(F)F)c1. The van der Waals surface area contributed by atoms with E-state index >= 15 is 0 Å². The zero-order valence-electron chi connectivity index (χ0n) is 9.23. The standard InChI is InChI=1S/C11H11F3INO/c1-6(2)16-10(17)7-3-8(11(12,13)14)5-9(15)4-7/h3-6H,1-2H3,(H,16,17). The van der Waals surface area contributed by atoms with Gasteiger partial charge in [-0.2, -0.15) is 13.2 Å². The number of carbonyl (C=O) groups excluding carboxylic acids is 1. The Morgan fingerprint density at radius 2 is 1.88 bits per heavy atom. The average Bonchev–Trinajstić information content (AvgIpc) is 2.14. The van der Waals surface area contributed by atoms with Crippen LogP contribution in [0.2, 0.25) is 0 Å². The molecule has 0 atom stereocenters. The van der Waals surface area contributed by atoms with E-state index in [2.05, 4.69) is 5.32 Å². The van der Waals surface area contributed by atoms with E-state index in [4.69, 9.17) is 0 Å². The average molecular weight is 357 g/mol. The molecule has 1 aromatic carbocycles. The van der Waals surface area contributed by atoms with Crippen molar-refractivity contribution >= 4 is 28.5 Å². The van der Waals surface area contributed by atoms with Crippen LogP contribution < -0.4 is 5.32 Å². The van der Waals surface area contributed by atoms with Crippen molar-refractivity contribution in [2.24, 2.45) is 0 Å². The molecule has 0 saturated heterocycles. The second-order valence-electron chi connectivity index (χ2n) is 3.85. The van der Waals surface area contributed by atoms with Crippen molar-refractivity contribution < 1.29 is 18.0 Å². The van der Waals surface area contributed by atoms with Gasteiger partial charge in [-0.05, 0) is 54.6 Å². The van der Waals surface area contributed by atoms with Crippen LogP contribution in [0.1, 0.15) is 29.8 Å². The van der Waals surface area contributed by atoms with E-state index in [0.717, 1.165) is 12.1 Å². The fourth-order valence-corrected chi connectivity index (χ4v) is 1.90. The Balaban J connectivity index is 3.10. The summed E-state index contributed by atoms with van der Waals surface area (Å²) in [4.78, 5) is 11.6. The fraction of sp³-hybridized carbons (Fsp3) is 0.364. The molecule has 0 radical (unpaired) electrons. The summed E-state index contributed by atoms with van der Waals surface area (Å²) < 4.78 is 38.0. The summed E-state index contributed by atoms with van der Waals surface area (Å²) >= 11 is 1.76. The Morgan fingerprint density at radius 3 is 2.35 bits per heavy atom. The van der Waals surface area contributed by atoms with Crippen LogP contribution in [0.5, 0.6) is 0 Å². The first-order valence-corrected chi connectivity index (χ1v) is 5.96. The third-order valence-corrected chi connectivity index (χ3v) is 2.53. The van der Waals surface area contributed by atoms with Gasteiger partial charge in [0.2, 0.25) is 0 Å². The predicted molar refractivity (Wildman–Crippen MR) is 66.8 cm³/mol. The molecule has 0 aliphatic carbocycles. The number of alkyl halides is 3. The molecule has 0 aliphatic rings. The topological polar surface area (TPSA) is 29.1 Å². The van der Waals surface area contributed by atoms with Crippen molar-refractivity contribution in [2.45, 2.75) is 26.1 Å². The lowest BCUT2D eigenvalue weighted by Crippen LogP contribution is -2.30. The first-order valence-electron chi connectivity index (χ1n) is 4.89. The van der Waals surface area contributed by atoms with Gasteiger partial charge in [0.15, 0.2) is 0 Å². The Kier molecular flexibility index (Phi) is 4.40. The molecule has 0 bridgehead atoms. The summed E-state index contributed by atoms with van der Waals surface area (Å²) in [6.45, 7) is 3.49. The molecule has 2 nitrogen and oxygen atoms in total. The van der Waals surface area contributed by atoms with E-state index in [1.165, 1.54) is 6.07 Å². The van der Waals surface area contributed by atoms with E-state index in [-0.39, 0.29) is 11.6 Å². The highest BCUT2D eigenvalue weighted by Crippen LogP contribution is 2.31. The molecular weight excluding hydrogens is 346 g/mol. The molecule has 17 heavy (non-hydrogen) atoms. The van der Waals surface area contributed by atoms with Crippen molar-refractivity contribution in [3.05, 3.63) is 32.9 Å². The lowest BCUT2D eigenvalue weighted by Gasteiger charge is -2.12. The maximum absolute atomic E-state index is 12.5. The normalized spacial score (nSPS) is 11.7. The van der Waals surface area contributed by atoms with Crippen LogP contribution in [0.4, 0.5) is 13.2 Å².